The molecule has 0 fully saturated rings. The number of nitrogens with zero attached hydrogens (tertiary/aromatic N) is 2. The fraction of sp³-hybridized carbons (Fsp3) is 0.316. The van der Waals surface area contributed by atoms with Gasteiger partial charge in [-0.2, -0.15) is 5.10 Å². The summed E-state index contributed by atoms with van der Waals surface area (Å²) in [7, 11) is 0. The Kier molecular flexibility index (Phi) is 3.51. The number of aromatic nitrogens is 2. The third kappa shape index (κ3) is 2.76. The Morgan fingerprint density at radius 1 is 1.14 bits per heavy atom. The van der Waals surface area contributed by atoms with Crippen LogP contribution in [0.1, 0.15) is 37.5 Å². The van der Waals surface area contributed by atoms with E-state index in [2.05, 4.69) is 44.9 Å². The van der Waals surface area contributed by atoms with Crippen LogP contribution in [0.2, 0.25) is 0 Å². The lowest BCUT2D eigenvalue weighted by Gasteiger charge is -2.20. The molecule has 114 valence electrons. The van der Waals surface area contributed by atoms with E-state index in [1.807, 2.05) is 16.9 Å². The van der Waals surface area contributed by atoms with Crippen molar-refractivity contribution in [1.82, 2.24) is 9.78 Å². The van der Waals surface area contributed by atoms with Gasteiger partial charge in [-0.3, -0.25) is 4.68 Å². The molecular weight excluding hydrogens is 275 g/mol. The highest BCUT2D eigenvalue weighted by Gasteiger charge is 2.17. The first kappa shape index (κ1) is 14.8. The maximum absolute atomic E-state index is 13.3. The molecule has 22 heavy (non-hydrogen) atoms. The van der Waals surface area contributed by atoms with Gasteiger partial charge in [0.1, 0.15) is 5.82 Å². The molecule has 0 aliphatic heterocycles. The van der Waals surface area contributed by atoms with Gasteiger partial charge in [0.2, 0.25) is 0 Å². The Bertz CT molecular complexity index is 825. The average Bonchev–Trinajstić information content (AvgIpc) is 2.81. The van der Waals surface area contributed by atoms with Gasteiger partial charge in [-0.25, -0.2) is 4.39 Å². The lowest BCUT2D eigenvalue weighted by molar-refractivity contribution is 0.590. The van der Waals surface area contributed by atoms with Crippen LogP contribution in [0, 0.1) is 12.7 Å². The normalized spacial score (nSPS) is 12.0. The molecule has 0 saturated heterocycles. The van der Waals surface area contributed by atoms with Crippen LogP contribution in [-0.2, 0) is 12.0 Å². The zero-order valence-corrected chi connectivity index (χ0v) is 13.5. The molecule has 0 amide bonds. The van der Waals surface area contributed by atoms with E-state index in [4.69, 9.17) is 0 Å². The first-order valence-corrected chi connectivity index (χ1v) is 7.56. The maximum atomic E-state index is 13.3. The van der Waals surface area contributed by atoms with Crippen LogP contribution in [-0.4, -0.2) is 9.78 Å². The van der Waals surface area contributed by atoms with Gasteiger partial charge in [0, 0.05) is 5.39 Å². The number of benzene rings is 2. The molecule has 3 aromatic rings. The highest BCUT2D eigenvalue weighted by molar-refractivity contribution is 5.83. The number of hydrogen-bond donors (Lipinski definition) is 0. The quantitative estimate of drug-likeness (QED) is 0.662. The van der Waals surface area contributed by atoms with Crippen molar-refractivity contribution in [2.75, 3.05) is 0 Å². The van der Waals surface area contributed by atoms with Crippen molar-refractivity contribution >= 4 is 10.9 Å². The van der Waals surface area contributed by atoms with E-state index in [1.54, 1.807) is 12.1 Å². The van der Waals surface area contributed by atoms with E-state index >= 15 is 0 Å². The average molecular weight is 296 g/mol. The second-order valence-electron chi connectivity index (χ2n) is 6.91. The zero-order chi connectivity index (χ0) is 15.9. The fourth-order valence-electron chi connectivity index (χ4n) is 2.81. The molecule has 0 bridgehead atoms. The Labute approximate surface area is 130 Å². The predicted octanol–water partition coefficient (Wildman–Crippen LogP) is 4.83. The molecule has 3 heteroatoms. The van der Waals surface area contributed by atoms with Crippen LogP contribution in [0.3, 0.4) is 0 Å². The SMILES string of the molecule is Cc1cc(C(C)(C)C)cc2cnn(Cc3cccc(F)c3)c12. The second kappa shape index (κ2) is 5.24. The van der Waals surface area contributed by atoms with Crippen molar-refractivity contribution in [1.29, 1.82) is 0 Å². The minimum Gasteiger partial charge on any atom is -0.260 e. The first-order chi connectivity index (χ1) is 10.3. The molecule has 0 aliphatic carbocycles. The molecule has 3 rings (SSSR count). The van der Waals surface area contributed by atoms with E-state index in [0.717, 1.165) is 16.5 Å². The van der Waals surface area contributed by atoms with Crippen LogP contribution < -0.4 is 0 Å². The summed E-state index contributed by atoms with van der Waals surface area (Å²) in [5.74, 6) is -0.208. The number of halogens is 1. The summed E-state index contributed by atoms with van der Waals surface area (Å²) in [5.41, 5.74) is 4.67. The Hall–Kier alpha value is -2.16. The highest BCUT2D eigenvalue weighted by atomic mass is 19.1. The summed E-state index contributed by atoms with van der Waals surface area (Å²) in [6.45, 7) is 9.33. The Morgan fingerprint density at radius 3 is 2.59 bits per heavy atom. The highest BCUT2D eigenvalue weighted by Crippen LogP contribution is 2.29. The van der Waals surface area contributed by atoms with Gasteiger partial charge in [-0.05, 0) is 47.2 Å². The Morgan fingerprint density at radius 2 is 1.91 bits per heavy atom. The van der Waals surface area contributed by atoms with Gasteiger partial charge in [0.15, 0.2) is 0 Å². The van der Waals surface area contributed by atoms with E-state index in [1.165, 1.54) is 17.2 Å². The smallest absolute Gasteiger partial charge is 0.123 e. The molecule has 0 saturated carbocycles. The topological polar surface area (TPSA) is 17.8 Å². The molecule has 0 aliphatic rings. The maximum Gasteiger partial charge on any atom is 0.123 e. The van der Waals surface area contributed by atoms with E-state index in [-0.39, 0.29) is 11.2 Å². The van der Waals surface area contributed by atoms with Crippen molar-refractivity contribution in [3.8, 4) is 0 Å². The first-order valence-electron chi connectivity index (χ1n) is 7.56. The van der Waals surface area contributed by atoms with Crippen molar-refractivity contribution in [2.24, 2.45) is 0 Å². The van der Waals surface area contributed by atoms with Gasteiger partial charge in [0.05, 0.1) is 18.3 Å². The van der Waals surface area contributed by atoms with Gasteiger partial charge in [0.25, 0.3) is 0 Å². The molecule has 1 heterocycles. The summed E-state index contributed by atoms with van der Waals surface area (Å²) >= 11 is 0. The van der Waals surface area contributed by atoms with E-state index < -0.39 is 0 Å². The van der Waals surface area contributed by atoms with Gasteiger partial charge < -0.3 is 0 Å². The second-order valence-corrected chi connectivity index (χ2v) is 6.91. The Balaban J connectivity index is 2.05. The van der Waals surface area contributed by atoms with E-state index in [9.17, 15) is 4.39 Å². The monoisotopic (exact) mass is 296 g/mol. The molecule has 0 atom stereocenters. The summed E-state index contributed by atoms with van der Waals surface area (Å²) in [6, 6.07) is 11.1. The molecule has 0 spiro atoms. The molecule has 2 aromatic carbocycles. The fourth-order valence-corrected chi connectivity index (χ4v) is 2.81. The van der Waals surface area contributed by atoms with Crippen molar-refractivity contribution in [3.05, 3.63) is 65.1 Å². The van der Waals surface area contributed by atoms with Crippen LogP contribution in [0.4, 0.5) is 4.39 Å². The number of fused-ring (bicyclic) bond motifs is 1. The molecule has 0 unspecified atom stereocenters. The minimum absolute atomic E-state index is 0.115. The molecule has 0 N–H and O–H groups in total. The molecule has 0 radical (unpaired) electrons. The third-order valence-corrected chi connectivity index (χ3v) is 4.01. The largest absolute Gasteiger partial charge is 0.260 e. The van der Waals surface area contributed by atoms with Crippen molar-refractivity contribution in [2.45, 2.75) is 39.7 Å². The van der Waals surface area contributed by atoms with Crippen molar-refractivity contribution in [3.63, 3.8) is 0 Å². The summed E-state index contributed by atoms with van der Waals surface area (Å²) in [4.78, 5) is 0. The van der Waals surface area contributed by atoms with Gasteiger partial charge in [-0.15, -0.1) is 0 Å². The molecule has 2 nitrogen and oxygen atoms in total. The van der Waals surface area contributed by atoms with Gasteiger partial charge >= 0.3 is 0 Å². The zero-order valence-electron chi connectivity index (χ0n) is 13.5. The lowest BCUT2D eigenvalue weighted by atomic mass is 9.85. The van der Waals surface area contributed by atoms with Crippen LogP contribution >= 0.6 is 0 Å². The summed E-state index contributed by atoms with van der Waals surface area (Å²) in [5, 5.41) is 5.64. The van der Waals surface area contributed by atoms with Crippen LogP contribution in [0.25, 0.3) is 10.9 Å². The minimum atomic E-state index is -0.208. The third-order valence-electron chi connectivity index (χ3n) is 4.01. The number of rotatable bonds is 2. The number of hydrogen-bond acceptors (Lipinski definition) is 1. The summed E-state index contributed by atoms with van der Waals surface area (Å²) < 4.78 is 15.3. The van der Waals surface area contributed by atoms with Crippen LogP contribution in [0.15, 0.2) is 42.6 Å². The number of aryl methyl sites for hydroxylation is 1. The summed E-state index contributed by atoms with van der Waals surface area (Å²) in [6.07, 6.45) is 1.90. The molecular formula is C19H21FN2. The predicted molar refractivity (Wildman–Crippen MR) is 88.7 cm³/mol. The lowest BCUT2D eigenvalue weighted by Crippen LogP contribution is -2.11. The van der Waals surface area contributed by atoms with Gasteiger partial charge in [-0.1, -0.05) is 39.0 Å². The molecule has 1 aromatic heterocycles. The van der Waals surface area contributed by atoms with E-state index in [0.29, 0.717) is 6.54 Å². The van der Waals surface area contributed by atoms with Crippen molar-refractivity contribution < 1.29 is 4.39 Å². The standard InChI is InChI=1S/C19H21FN2/c1-13-8-16(19(2,3)4)10-15-11-21-22(18(13)15)12-14-6-5-7-17(20)9-14/h5-11H,12H2,1-4H3. The van der Waals surface area contributed by atoms with Crippen LogP contribution in [0.5, 0.6) is 0 Å².